The number of rotatable bonds is 9. The van der Waals surface area contributed by atoms with Crippen LogP contribution in [0.2, 0.25) is 0 Å². The van der Waals surface area contributed by atoms with Gasteiger partial charge in [0.15, 0.2) is 0 Å². The summed E-state index contributed by atoms with van der Waals surface area (Å²) in [7, 11) is 1.64. The van der Waals surface area contributed by atoms with Crippen LogP contribution in [0.4, 0.5) is 0 Å². The monoisotopic (exact) mass is 294 g/mol. The van der Waals surface area contributed by atoms with Gasteiger partial charge in [-0.2, -0.15) is 0 Å². The van der Waals surface area contributed by atoms with E-state index in [0.29, 0.717) is 19.7 Å². The first-order valence-electron chi connectivity index (χ1n) is 7.33. The predicted molar refractivity (Wildman–Crippen MR) is 83.9 cm³/mol. The fourth-order valence-electron chi connectivity index (χ4n) is 1.88. The minimum absolute atomic E-state index is 0.0521. The van der Waals surface area contributed by atoms with E-state index in [-0.39, 0.29) is 11.9 Å². The van der Waals surface area contributed by atoms with Crippen LogP contribution < -0.4 is 14.8 Å². The Morgan fingerprint density at radius 2 is 1.86 bits per heavy atom. The Hall–Kier alpha value is -1.75. The summed E-state index contributed by atoms with van der Waals surface area (Å²) >= 11 is 0. The molecule has 1 aromatic carbocycles. The lowest BCUT2D eigenvalue weighted by molar-refractivity contribution is -0.122. The van der Waals surface area contributed by atoms with Gasteiger partial charge in [0, 0.05) is 12.6 Å². The Morgan fingerprint density at radius 3 is 2.38 bits per heavy atom. The molecule has 118 valence electrons. The number of carbonyl (C=O) groups is 1. The molecule has 0 atom stereocenters. The zero-order chi connectivity index (χ0) is 15.7. The number of nitrogens with one attached hydrogen (secondary N) is 1. The highest BCUT2D eigenvalue weighted by molar-refractivity contribution is 5.78. The number of hydrogen-bond acceptors (Lipinski definition) is 4. The Labute approximate surface area is 127 Å². The van der Waals surface area contributed by atoms with E-state index in [0.717, 1.165) is 18.0 Å². The smallest absolute Gasteiger partial charge is 0.234 e. The van der Waals surface area contributed by atoms with Crippen molar-refractivity contribution in [1.82, 2.24) is 10.2 Å². The number of hydrogen-bond donors (Lipinski definition) is 1. The van der Waals surface area contributed by atoms with Crippen molar-refractivity contribution in [2.24, 2.45) is 0 Å². The lowest BCUT2D eigenvalue weighted by Crippen LogP contribution is -2.41. The van der Waals surface area contributed by atoms with Crippen molar-refractivity contribution in [3.05, 3.63) is 24.3 Å². The molecule has 1 amide bonds. The molecule has 5 nitrogen and oxygen atoms in total. The molecular weight excluding hydrogens is 268 g/mol. The first kappa shape index (κ1) is 17.3. The van der Waals surface area contributed by atoms with Crippen LogP contribution in [0.15, 0.2) is 24.3 Å². The molecule has 0 aromatic heterocycles. The summed E-state index contributed by atoms with van der Waals surface area (Å²) in [6.45, 7) is 8.44. The molecule has 21 heavy (non-hydrogen) atoms. The van der Waals surface area contributed by atoms with Crippen LogP contribution in [0.1, 0.15) is 20.8 Å². The standard InChI is InChI=1S/C16H26N2O3/c1-5-18(12-16(19)17-13(2)3)10-11-21-15-8-6-14(20-4)7-9-15/h6-9,13H,5,10-12H2,1-4H3,(H,17,19). The second-order valence-electron chi connectivity index (χ2n) is 5.11. The molecular formula is C16H26N2O3. The molecule has 1 aromatic rings. The lowest BCUT2D eigenvalue weighted by atomic mass is 10.3. The van der Waals surface area contributed by atoms with Crippen molar-refractivity contribution in [1.29, 1.82) is 0 Å². The van der Waals surface area contributed by atoms with Gasteiger partial charge >= 0.3 is 0 Å². The normalized spacial score (nSPS) is 10.8. The molecule has 1 rings (SSSR count). The van der Waals surface area contributed by atoms with Crippen molar-refractivity contribution in [3.63, 3.8) is 0 Å². The summed E-state index contributed by atoms with van der Waals surface area (Å²) < 4.78 is 10.8. The highest BCUT2D eigenvalue weighted by atomic mass is 16.5. The van der Waals surface area contributed by atoms with Crippen molar-refractivity contribution < 1.29 is 14.3 Å². The molecule has 0 bridgehead atoms. The Morgan fingerprint density at radius 1 is 1.24 bits per heavy atom. The van der Waals surface area contributed by atoms with Gasteiger partial charge in [-0.05, 0) is 44.7 Å². The molecule has 0 unspecified atom stereocenters. The third kappa shape index (κ3) is 6.99. The van der Waals surface area contributed by atoms with E-state index in [1.807, 2.05) is 45.0 Å². The number of carbonyl (C=O) groups excluding carboxylic acids is 1. The van der Waals surface area contributed by atoms with Gasteiger partial charge in [-0.3, -0.25) is 9.69 Å². The first-order valence-corrected chi connectivity index (χ1v) is 7.33. The Bertz CT molecular complexity index is 418. The summed E-state index contributed by atoms with van der Waals surface area (Å²) in [5.74, 6) is 1.66. The Balaban J connectivity index is 2.32. The van der Waals surface area contributed by atoms with Crippen molar-refractivity contribution >= 4 is 5.91 Å². The molecule has 0 aliphatic carbocycles. The van der Waals surface area contributed by atoms with Gasteiger partial charge in [0.1, 0.15) is 18.1 Å². The molecule has 0 saturated carbocycles. The quantitative estimate of drug-likeness (QED) is 0.756. The van der Waals surface area contributed by atoms with Gasteiger partial charge in [0.05, 0.1) is 13.7 Å². The van der Waals surface area contributed by atoms with Gasteiger partial charge in [-0.25, -0.2) is 0 Å². The summed E-state index contributed by atoms with van der Waals surface area (Å²) in [4.78, 5) is 13.8. The zero-order valence-electron chi connectivity index (χ0n) is 13.4. The SMILES string of the molecule is CCN(CCOc1ccc(OC)cc1)CC(=O)NC(C)C. The third-order valence-electron chi connectivity index (χ3n) is 3.00. The molecule has 0 saturated heterocycles. The largest absolute Gasteiger partial charge is 0.497 e. The van der Waals surface area contributed by atoms with Gasteiger partial charge in [-0.15, -0.1) is 0 Å². The predicted octanol–water partition coefficient (Wildman–Crippen LogP) is 1.92. The molecule has 1 N–H and O–H groups in total. The maximum atomic E-state index is 11.7. The van der Waals surface area contributed by atoms with E-state index < -0.39 is 0 Å². The minimum atomic E-state index is 0.0521. The molecule has 5 heteroatoms. The fraction of sp³-hybridized carbons (Fsp3) is 0.562. The number of methoxy groups -OCH3 is 1. The second-order valence-corrected chi connectivity index (χ2v) is 5.11. The fourth-order valence-corrected chi connectivity index (χ4v) is 1.88. The summed E-state index contributed by atoms with van der Waals surface area (Å²) in [5.41, 5.74) is 0. The minimum Gasteiger partial charge on any atom is -0.497 e. The lowest BCUT2D eigenvalue weighted by Gasteiger charge is -2.20. The van der Waals surface area contributed by atoms with Gasteiger partial charge in [-0.1, -0.05) is 6.92 Å². The van der Waals surface area contributed by atoms with E-state index in [2.05, 4.69) is 10.2 Å². The molecule has 0 fully saturated rings. The number of likely N-dealkylation sites (N-methyl/N-ethyl adjacent to an activating group) is 1. The van der Waals surface area contributed by atoms with Crippen molar-refractivity contribution in [2.45, 2.75) is 26.8 Å². The highest BCUT2D eigenvalue weighted by Crippen LogP contribution is 2.16. The second kappa shape index (κ2) is 9.23. The zero-order valence-corrected chi connectivity index (χ0v) is 13.4. The van der Waals surface area contributed by atoms with Crippen LogP contribution in [0.5, 0.6) is 11.5 Å². The number of benzene rings is 1. The summed E-state index contributed by atoms with van der Waals surface area (Å²) in [6.07, 6.45) is 0. The molecule has 0 radical (unpaired) electrons. The van der Waals surface area contributed by atoms with Crippen LogP contribution >= 0.6 is 0 Å². The Kier molecular flexibility index (Phi) is 7.61. The van der Waals surface area contributed by atoms with Crippen LogP contribution in [0.25, 0.3) is 0 Å². The highest BCUT2D eigenvalue weighted by Gasteiger charge is 2.09. The van der Waals surface area contributed by atoms with Crippen LogP contribution in [-0.2, 0) is 4.79 Å². The van der Waals surface area contributed by atoms with E-state index in [9.17, 15) is 4.79 Å². The van der Waals surface area contributed by atoms with Gasteiger partial charge < -0.3 is 14.8 Å². The van der Waals surface area contributed by atoms with Crippen LogP contribution in [-0.4, -0.2) is 50.2 Å². The average molecular weight is 294 g/mol. The third-order valence-corrected chi connectivity index (χ3v) is 3.00. The number of amides is 1. The molecule has 0 spiro atoms. The summed E-state index contributed by atoms with van der Waals surface area (Å²) in [5, 5.41) is 2.89. The van der Waals surface area contributed by atoms with Gasteiger partial charge in [0.2, 0.25) is 5.91 Å². The van der Waals surface area contributed by atoms with E-state index >= 15 is 0 Å². The maximum Gasteiger partial charge on any atom is 0.234 e. The van der Waals surface area contributed by atoms with E-state index in [4.69, 9.17) is 9.47 Å². The maximum absolute atomic E-state index is 11.7. The van der Waals surface area contributed by atoms with E-state index in [1.165, 1.54) is 0 Å². The number of ether oxygens (including phenoxy) is 2. The molecule has 0 heterocycles. The van der Waals surface area contributed by atoms with Gasteiger partial charge in [0.25, 0.3) is 0 Å². The van der Waals surface area contributed by atoms with Crippen LogP contribution in [0, 0.1) is 0 Å². The first-order chi connectivity index (χ1) is 10.0. The van der Waals surface area contributed by atoms with Crippen LogP contribution in [0.3, 0.4) is 0 Å². The molecule has 0 aliphatic rings. The molecule has 0 aliphatic heterocycles. The van der Waals surface area contributed by atoms with E-state index in [1.54, 1.807) is 7.11 Å². The summed E-state index contributed by atoms with van der Waals surface area (Å²) in [6, 6.07) is 7.65. The van der Waals surface area contributed by atoms with Crippen molar-refractivity contribution in [3.8, 4) is 11.5 Å². The number of nitrogens with zero attached hydrogens (tertiary/aromatic N) is 1. The topological polar surface area (TPSA) is 50.8 Å². The van der Waals surface area contributed by atoms with Crippen molar-refractivity contribution in [2.75, 3.05) is 33.4 Å². The average Bonchev–Trinajstić information content (AvgIpc) is 2.46.